The van der Waals surface area contributed by atoms with Crippen LogP contribution < -0.4 is 0 Å². The number of carboxylic acids is 1. The van der Waals surface area contributed by atoms with Crippen LogP contribution >= 0.6 is 0 Å². The maximum atomic E-state index is 10.6. The third kappa shape index (κ3) is 3.44. The van der Waals surface area contributed by atoms with Crippen molar-refractivity contribution in [1.82, 2.24) is 4.98 Å². The number of carbonyl (C=O) groups is 1. The van der Waals surface area contributed by atoms with Crippen molar-refractivity contribution in [3.63, 3.8) is 0 Å². The average molecular weight is 259 g/mol. The molecule has 19 heavy (non-hydrogen) atoms. The molecule has 4 heteroatoms. The molecule has 4 nitrogen and oxygen atoms in total. The van der Waals surface area contributed by atoms with Crippen LogP contribution in [-0.4, -0.2) is 16.1 Å². The number of nitrogens with zero attached hydrogens (tertiary/aromatic N) is 1. The summed E-state index contributed by atoms with van der Waals surface area (Å²) in [7, 11) is 0. The van der Waals surface area contributed by atoms with E-state index in [0.29, 0.717) is 12.2 Å². The number of carboxylic acid groups (broad SMARTS) is 1. The summed E-state index contributed by atoms with van der Waals surface area (Å²) < 4.78 is 5.27. The lowest BCUT2D eigenvalue weighted by Crippen LogP contribution is -1.97. The first-order valence-corrected chi connectivity index (χ1v) is 6.44. The van der Waals surface area contributed by atoms with Crippen LogP contribution in [0.5, 0.6) is 0 Å². The van der Waals surface area contributed by atoms with Crippen molar-refractivity contribution in [3.05, 3.63) is 42.0 Å². The molecule has 0 aliphatic carbocycles. The molecule has 0 amide bonds. The lowest BCUT2D eigenvalue weighted by molar-refractivity contribution is -0.137. The smallest absolute Gasteiger partial charge is 0.303 e. The van der Waals surface area contributed by atoms with Gasteiger partial charge in [-0.25, -0.2) is 4.98 Å². The van der Waals surface area contributed by atoms with E-state index in [-0.39, 0.29) is 6.42 Å². The van der Waals surface area contributed by atoms with Crippen LogP contribution in [0.4, 0.5) is 0 Å². The van der Waals surface area contributed by atoms with Gasteiger partial charge in [0, 0.05) is 12.0 Å². The van der Waals surface area contributed by atoms with E-state index in [4.69, 9.17) is 9.52 Å². The van der Waals surface area contributed by atoms with Gasteiger partial charge in [-0.1, -0.05) is 37.6 Å². The second-order valence-electron chi connectivity index (χ2n) is 4.46. The number of hydrogen-bond acceptors (Lipinski definition) is 3. The molecule has 1 aromatic heterocycles. The zero-order chi connectivity index (χ0) is 13.7. The molecule has 100 valence electrons. The SMILES string of the molecule is CCCc1ccc(-c2ncoc2CCC(=O)O)cc1. The van der Waals surface area contributed by atoms with Gasteiger partial charge >= 0.3 is 5.97 Å². The maximum absolute atomic E-state index is 10.6. The molecule has 0 aliphatic heterocycles. The van der Waals surface area contributed by atoms with Crippen LogP contribution in [0.25, 0.3) is 11.3 Å². The maximum Gasteiger partial charge on any atom is 0.303 e. The van der Waals surface area contributed by atoms with Gasteiger partial charge in [0.15, 0.2) is 6.39 Å². The van der Waals surface area contributed by atoms with Crippen molar-refractivity contribution in [2.24, 2.45) is 0 Å². The zero-order valence-electron chi connectivity index (χ0n) is 10.9. The van der Waals surface area contributed by atoms with E-state index >= 15 is 0 Å². The summed E-state index contributed by atoms with van der Waals surface area (Å²) in [5.74, 6) is -0.203. The van der Waals surface area contributed by atoms with Gasteiger partial charge in [-0.2, -0.15) is 0 Å². The third-order valence-corrected chi connectivity index (χ3v) is 2.97. The minimum atomic E-state index is -0.833. The zero-order valence-corrected chi connectivity index (χ0v) is 10.9. The second kappa shape index (κ2) is 6.18. The van der Waals surface area contributed by atoms with Crippen LogP contribution in [-0.2, 0) is 17.6 Å². The van der Waals surface area contributed by atoms with Gasteiger partial charge in [0.25, 0.3) is 0 Å². The fraction of sp³-hybridized carbons (Fsp3) is 0.333. The van der Waals surface area contributed by atoms with Gasteiger partial charge in [-0.15, -0.1) is 0 Å². The third-order valence-electron chi connectivity index (χ3n) is 2.97. The highest BCUT2D eigenvalue weighted by Crippen LogP contribution is 2.23. The van der Waals surface area contributed by atoms with Crippen LogP contribution in [0.1, 0.15) is 31.1 Å². The summed E-state index contributed by atoms with van der Waals surface area (Å²) in [5, 5.41) is 8.71. The molecule has 0 bridgehead atoms. The van der Waals surface area contributed by atoms with Gasteiger partial charge in [-0.05, 0) is 12.0 Å². The number of rotatable bonds is 6. The average Bonchev–Trinajstić information content (AvgIpc) is 2.86. The summed E-state index contributed by atoms with van der Waals surface area (Å²) in [6.45, 7) is 2.15. The van der Waals surface area contributed by atoms with Crippen molar-refractivity contribution < 1.29 is 14.3 Å². The van der Waals surface area contributed by atoms with E-state index in [1.165, 1.54) is 12.0 Å². The van der Waals surface area contributed by atoms with Crippen LogP contribution in [0.15, 0.2) is 35.1 Å². The molecule has 0 fully saturated rings. The summed E-state index contributed by atoms with van der Waals surface area (Å²) in [6, 6.07) is 8.17. The summed E-state index contributed by atoms with van der Waals surface area (Å²) >= 11 is 0. The Kier molecular flexibility index (Phi) is 4.34. The fourth-order valence-corrected chi connectivity index (χ4v) is 2.02. The van der Waals surface area contributed by atoms with Crippen LogP contribution in [0.2, 0.25) is 0 Å². The number of aromatic nitrogens is 1. The first-order valence-electron chi connectivity index (χ1n) is 6.44. The van der Waals surface area contributed by atoms with E-state index < -0.39 is 5.97 Å². The van der Waals surface area contributed by atoms with Gasteiger partial charge in [0.2, 0.25) is 0 Å². The molecule has 0 radical (unpaired) electrons. The van der Waals surface area contributed by atoms with E-state index in [1.807, 2.05) is 12.1 Å². The van der Waals surface area contributed by atoms with E-state index in [0.717, 1.165) is 24.1 Å². The Morgan fingerprint density at radius 1 is 1.26 bits per heavy atom. The summed E-state index contributed by atoms with van der Waals surface area (Å²) in [4.78, 5) is 14.8. The Bertz CT molecular complexity index is 543. The second-order valence-corrected chi connectivity index (χ2v) is 4.46. The Morgan fingerprint density at radius 3 is 2.63 bits per heavy atom. The number of hydrogen-bond donors (Lipinski definition) is 1. The summed E-state index contributed by atoms with van der Waals surface area (Å²) in [5.41, 5.74) is 3.00. The van der Waals surface area contributed by atoms with Gasteiger partial charge in [-0.3, -0.25) is 4.79 Å². The Hall–Kier alpha value is -2.10. The topological polar surface area (TPSA) is 63.3 Å². The molecule has 0 aliphatic rings. The lowest BCUT2D eigenvalue weighted by atomic mass is 10.0. The fourth-order valence-electron chi connectivity index (χ4n) is 2.02. The van der Waals surface area contributed by atoms with Crippen molar-refractivity contribution in [3.8, 4) is 11.3 Å². The molecule has 0 atom stereocenters. The molecule has 2 aromatic rings. The predicted molar refractivity (Wildman–Crippen MR) is 71.9 cm³/mol. The van der Waals surface area contributed by atoms with Gasteiger partial charge in [0.05, 0.1) is 6.42 Å². The van der Waals surface area contributed by atoms with Crippen molar-refractivity contribution in [2.75, 3.05) is 0 Å². The molecule has 0 unspecified atom stereocenters. The molecule has 0 saturated carbocycles. The Labute approximate surface area is 112 Å². The van der Waals surface area contributed by atoms with Crippen LogP contribution in [0, 0.1) is 0 Å². The number of aliphatic carboxylic acids is 1. The monoisotopic (exact) mass is 259 g/mol. The molecule has 1 heterocycles. The molecule has 1 aromatic carbocycles. The number of aryl methyl sites for hydroxylation is 2. The van der Waals surface area contributed by atoms with Gasteiger partial charge < -0.3 is 9.52 Å². The van der Waals surface area contributed by atoms with Crippen molar-refractivity contribution in [2.45, 2.75) is 32.6 Å². The highest BCUT2D eigenvalue weighted by Gasteiger charge is 2.12. The predicted octanol–water partition coefficient (Wildman–Crippen LogP) is 3.31. The molecule has 1 N–H and O–H groups in total. The quantitative estimate of drug-likeness (QED) is 0.864. The molecule has 0 spiro atoms. The number of oxazole rings is 1. The van der Waals surface area contributed by atoms with Crippen molar-refractivity contribution >= 4 is 5.97 Å². The molecule has 2 rings (SSSR count). The van der Waals surface area contributed by atoms with E-state index in [1.54, 1.807) is 0 Å². The Morgan fingerprint density at radius 2 is 2.00 bits per heavy atom. The normalized spacial score (nSPS) is 10.6. The molecular formula is C15H17NO3. The minimum absolute atomic E-state index is 0.0517. The molecular weight excluding hydrogens is 242 g/mol. The lowest BCUT2D eigenvalue weighted by Gasteiger charge is -2.02. The standard InChI is InChI=1S/C15H17NO3/c1-2-3-11-4-6-12(7-5-11)15-13(19-10-16-15)8-9-14(17)18/h4-7,10H,2-3,8-9H2,1H3,(H,17,18). The highest BCUT2D eigenvalue weighted by molar-refractivity contribution is 5.68. The number of benzene rings is 1. The van der Waals surface area contributed by atoms with E-state index in [2.05, 4.69) is 24.0 Å². The first kappa shape index (κ1) is 13.3. The summed E-state index contributed by atoms with van der Waals surface area (Å²) in [6.07, 6.45) is 3.96. The first-order chi connectivity index (χ1) is 9.20. The van der Waals surface area contributed by atoms with E-state index in [9.17, 15) is 4.79 Å². The Balaban J connectivity index is 2.17. The van der Waals surface area contributed by atoms with Crippen LogP contribution in [0.3, 0.4) is 0 Å². The largest absolute Gasteiger partial charge is 0.481 e. The molecule has 0 saturated heterocycles. The highest BCUT2D eigenvalue weighted by atomic mass is 16.4. The minimum Gasteiger partial charge on any atom is -0.481 e. The van der Waals surface area contributed by atoms with Crippen molar-refractivity contribution in [1.29, 1.82) is 0 Å². The van der Waals surface area contributed by atoms with Gasteiger partial charge in [0.1, 0.15) is 11.5 Å².